The van der Waals surface area contributed by atoms with Crippen molar-refractivity contribution in [2.75, 3.05) is 39.4 Å². The van der Waals surface area contributed by atoms with E-state index in [0.29, 0.717) is 0 Å². The van der Waals surface area contributed by atoms with Gasteiger partial charge in [0.25, 0.3) is 0 Å². The molecule has 1 aromatic heterocycles. The maximum atomic E-state index is 5.34. The standard InChI is InChI=1S/C12H21N3OS/c1-2-13-9-11-10-17-12(14-11)3-4-15-5-7-16-8-6-15/h10,13H,2-9H2,1H3. The third-order valence-corrected chi connectivity index (χ3v) is 3.86. The van der Waals surface area contributed by atoms with Crippen LogP contribution in [0.15, 0.2) is 5.38 Å². The van der Waals surface area contributed by atoms with E-state index in [4.69, 9.17) is 4.74 Å². The van der Waals surface area contributed by atoms with Crippen LogP contribution in [0.1, 0.15) is 17.6 Å². The van der Waals surface area contributed by atoms with E-state index in [0.717, 1.165) is 52.4 Å². The molecule has 5 heteroatoms. The second kappa shape index (κ2) is 7.06. The van der Waals surface area contributed by atoms with Crippen LogP contribution in [0.4, 0.5) is 0 Å². The molecule has 17 heavy (non-hydrogen) atoms. The molecule has 2 rings (SSSR count). The molecule has 1 aliphatic heterocycles. The molecule has 0 amide bonds. The Morgan fingerprint density at radius 2 is 2.29 bits per heavy atom. The SMILES string of the molecule is CCNCc1csc(CCN2CCOCC2)n1. The molecular weight excluding hydrogens is 234 g/mol. The third kappa shape index (κ3) is 4.35. The molecule has 0 aromatic carbocycles. The zero-order valence-corrected chi connectivity index (χ0v) is 11.3. The lowest BCUT2D eigenvalue weighted by Crippen LogP contribution is -2.37. The number of morpholine rings is 1. The van der Waals surface area contributed by atoms with Crippen LogP contribution in [-0.2, 0) is 17.7 Å². The largest absolute Gasteiger partial charge is 0.379 e. The molecule has 96 valence electrons. The van der Waals surface area contributed by atoms with Gasteiger partial charge in [-0.25, -0.2) is 4.98 Å². The first-order valence-corrected chi connectivity index (χ1v) is 7.20. The van der Waals surface area contributed by atoms with Gasteiger partial charge in [-0.3, -0.25) is 4.90 Å². The topological polar surface area (TPSA) is 37.4 Å². The Hall–Kier alpha value is -0.490. The second-order valence-corrected chi connectivity index (χ2v) is 5.16. The summed E-state index contributed by atoms with van der Waals surface area (Å²) in [6.07, 6.45) is 1.07. The Bertz CT molecular complexity index is 323. The number of thiazole rings is 1. The molecule has 0 bridgehead atoms. The van der Waals surface area contributed by atoms with Crippen molar-refractivity contribution < 1.29 is 4.74 Å². The number of ether oxygens (including phenoxy) is 1. The van der Waals surface area contributed by atoms with Crippen molar-refractivity contribution in [3.63, 3.8) is 0 Å². The molecule has 1 aliphatic rings. The minimum Gasteiger partial charge on any atom is -0.379 e. The van der Waals surface area contributed by atoms with E-state index in [9.17, 15) is 0 Å². The fourth-order valence-corrected chi connectivity index (χ4v) is 2.66. The maximum absolute atomic E-state index is 5.34. The second-order valence-electron chi connectivity index (χ2n) is 4.22. The van der Waals surface area contributed by atoms with Gasteiger partial charge in [-0.15, -0.1) is 11.3 Å². The van der Waals surface area contributed by atoms with Crippen molar-refractivity contribution >= 4 is 11.3 Å². The number of nitrogens with zero attached hydrogens (tertiary/aromatic N) is 2. The van der Waals surface area contributed by atoms with Crippen LogP contribution in [0.25, 0.3) is 0 Å². The van der Waals surface area contributed by atoms with E-state index >= 15 is 0 Å². The number of rotatable bonds is 6. The molecule has 0 atom stereocenters. The molecule has 0 saturated carbocycles. The van der Waals surface area contributed by atoms with E-state index in [1.807, 2.05) is 0 Å². The molecule has 1 N–H and O–H groups in total. The highest BCUT2D eigenvalue weighted by atomic mass is 32.1. The summed E-state index contributed by atoms with van der Waals surface area (Å²) >= 11 is 1.78. The molecule has 0 aliphatic carbocycles. The molecule has 1 saturated heterocycles. The highest BCUT2D eigenvalue weighted by Crippen LogP contribution is 2.11. The summed E-state index contributed by atoms with van der Waals surface area (Å²) in [7, 11) is 0. The zero-order valence-electron chi connectivity index (χ0n) is 10.4. The minimum atomic E-state index is 0.879. The number of hydrogen-bond donors (Lipinski definition) is 1. The smallest absolute Gasteiger partial charge is 0.0941 e. The van der Waals surface area contributed by atoms with Crippen molar-refractivity contribution in [1.29, 1.82) is 0 Å². The molecule has 1 aromatic rings. The predicted molar refractivity (Wildman–Crippen MR) is 70.5 cm³/mol. The van der Waals surface area contributed by atoms with E-state index in [-0.39, 0.29) is 0 Å². The molecule has 2 heterocycles. The Balaban J connectivity index is 1.72. The van der Waals surface area contributed by atoms with Gasteiger partial charge in [0.2, 0.25) is 0 Å². The van der Waals surface area contributed by atoms with Crippen LogP contribution in [0.2, 0.25) is 0 Å². The number of nitrogens with one attached hydrogen (secondary N) is 1. The summed E-state index contributed by atoms with van der Waals surface area (Å²) in [6, 6.07) is 0. The summed E-state index contributed by atoms with van der Waals surface area (Å²) in [5.41, 5.74) is 1.17. The molecule has 0 unspecified atom stereocenters. The van der Waals surface area contributed by atoms with Crippen LogP contribution in [0, 0.1) is 0 Å². The fraction of sp³-hybridized carbons (Fsp3) is 0.750. The maximum Gasteiger partial charge on any atom is 0.0941 e. The minimum absolute atomic E-state index is 0.879. The van der Waals surface area contributed by atoms with Crippen LogP contribution in [0.3, 0.4) is 0 Å². The lowest BCUT2D eigenvalue weighted by Gasteiger charge is -2.25. The zero-order chi connectivity index (χ0) is 11.9. The van der Waals surface area contributed by atoms with Crippen molar-refractivity contribution in [2.24, 2.45) is 0 Å². The van der Waals surface area contributed by atoms with E-state index in [2.05, 4.69) is 27.5 Å². The van der Waals surface area contributed by atoms with Gasteiger partial charge in [0.15, 0.2) is 0 Å². The number of hydrogen-bond acceptors (Lipinski definition) is 5. The van der Waals surface area contributed by atoms with Gasteiger partial charge in [0, 0.05) is 38.0 Å². The average Bonchev–Trinajstić information content (AvgIpc) is 2.83. The molecular formula is C12H21N3OS. The average molecular weight is 255 g/mol. The van der Waals surface area contributed by atoms with Gasteiger partial charge in [0.05, 0.1) is 23.9 Å². The first kappa shape index (κ1) is 13.0. The summed E-state index contributed by atoms with van der Waals surface area (Å²) in [6.45, 7) is 9.01. The lowest BCUT2D eigenvalue weighted by molar-refractivity contribution is 0.0384. The molecule has 0 radical (unpaired) electrons. The van der Waals surface area contributed by atoms with Crippen molar-refractivity contribution in [3.8, 4) is 0 Å². The van der Waals surface area contributed by atoms with Gasteiger partial charge in [-0.1, -0.05) is 6.92 Å². The highest BCUT2D eigenvalue weighted by molar-refractivity contribution is 7.09. The van der Waals surface area contributed by atoms with Gasteiger partial charge in [-0.05, 0) is 6.54 Å². The van der Waals surface area contributed by atoms with Crippen LogP contribution >= 0.6 is 11.3 Å². The van der Waals surface area contributed by atoms with Crippen molar-refractivity contribution in [2.45, 2.75) is 19.9 Å². The molecule has 1 fully saturated rings. The highest BCUT2D eigenvalue weighted by Gasteiger charge is 2.10. The van der Waals surface area contributed by atoms with Crippen LogP contribution < -0.4 is 5.32 Å². The predicted octanol–water partition coefficient (Wildman–Crippen LogP) is 1.13. The van der Waals surface area contributed by atoms with Crippen LogP contribution in [0.5, 0.6) is 0 Å². The van der Waals surface area contributed by atoms with Gasteiger partial charge in [-0.2, -0.15) is 0 Å². The Labute approximate surface area is 107 Å². The van der Waals surface area contributed by atoms with Crippen molar-refractivity contribution in [3.05, 3.63) is 16.1 Å². The third-order valence-electron chi connectivity index (χ3n) is 2.90. The Morgan fingerprint density at radius 3 is 3.06 bits per heavy atom. The summed E-state index contributed by atoms with van der Waals surface area (Å²) in [4.78, 5) is 7.08. The van der Waals surface area contributed by atoms with Gasteiger partial charge in [0.1, 0.15) is 0 Å². The van der Waals surface area contributed by atoms with E-state index in [1.54, 1.807) is 11.3 Å². The first-order chi connectivity index (χ1) is 8.38. The van der Waals surface area contributed by atoms with E-state index in [1.165, 1.54) is 10.7 Å². The molecule has 0 spiro atoms. The quantitative estimate of drug-likeness (QED) is 0.827. The first-order valence-electron chi connectivity index (χ1n) is 6.32. The normalized spacial score (nSPS) is 17.5. The molecule has 4 nitrogen and oxygen atoms in total. The monoisotopic (exact) mass is 255 g/mol. The van der Waals surface area contributed by atoms with Crippen molar-refractivity contribution in [1.82, 2.24) is 15.2 Å². The summed E-state index contributed by atoms with van der Waals surface area (Å²) < 4.78 is 5.34. The Kier molecular flexibility index (Phi) is 5.38. The van der Waals surface area contributed by atoms with Gasteiger partial charge >= 0.3 is 0 Å². The lowest BCUT2D eigenvalue weighted by atomic mass is 10.3. The summed E-state index contributed by atoms with van der Waals surface area (Å²) in [5, 5.41) is 6.72. The number of aromatic nitrogens is 1. The fourth-order valence-electron chi connectivity index (χ4n) is 1.88. The van der Waals surface area contributed by atoms with Crippen LogP contribution in [-0.4, -0.2) is 49.3 Å². The Morgan fingerprint density at radius 1 is 1.47 bits per heavy atom. The summed E-state index contributed by atoms with van der Waals surface area (Å²) in [5.74, 6) is 0. The van der Waals surface area contributed by atoms with E-state index < -0.39 is 0 Å². The van der Waals surface area contributed by atoms with Gasteiger partial charge < -0.3 is 10.1 Å².